The first-order valence-electron chi connectivity index (χ1n) is 13.3. The molecule has 0 amide bonds. The predicted octanol–water partition coefficient (Wildman–Crippen LogP) is 5.99. The van der Waals surface area contributed by atoms with E-state index in [0.29, 0.717) is 0 Å². The van der Waals surface area contributed by atoms with Gasteiger partial charge >= 0.3 is 0 Å². The Kier molecular flexibility index (Phi) is 21.9. The lowest BCUT2D eigenvalue weighted by Gasteiger charge is -2.29. The molecule has 0 aromatic carbocycles. The van der Waals surface area contributed by atoms with Crippen molar-refractivity contribution in [3.8, 4) is 0 Å². The fourth-order valence-corrected chi connectivity index (χ4v) is 3.95. The molecule has 0 bridgehead atoms. The fourth-order valence-electron chi connectivity index (χ4n) is 3.95. The molecule has 0 rings (SSSR count). The van der Waals surface area contributed by atoms with E-state index >= 15 is 0 Å². The largest absolute Gasteiger partial charge is 0.378 e. The predicted molar refractivity (Wildman–Crippen MR) is 134 cm³/mol. The fraction of sp³-hybridized carbons (Fsp3) is 1.00. The zero-order valence-electron chi connectivity index (χ0n) is 21.5. The van der Waals surface area contributed by atoms with E-state index in [0.717, 1.165) is 39.1 Å². The van der Waals surface area contributed by atoms with Crippen LogP contribution in [0, 0.1) is 0 Å². The average molecular weight is 428 g/mol. The van der Waals surface area contributed by atoms with Gasteiger partial charge in [0.1, 0.15) is 6.23 Å². The Morgan fingerprint density at radius 1 is 0.533 bits per heavy atom. The Morgan fingerprint density at radius 3 is 1.40 bits per heavy atom. The maximum absolute atomic E-state index is 10.9. The third-order valence-electron chi connectivity index (χ3n) is 6.22. The lowest BCUT2D eigenvalue weighted by atomic mass is 10.1. The highest BCUT2D eigenvalue weighted by Gasteiger charge is 2.15. The topological polar surface area (TPSA) is 30.0 Å². The van der Waals surface area contributed by atoms with Crippen LogP contribution in [0.4, 0.5) is 0 Å². The van der Waals surface area contributed by atoms with Crippen molar-refractivity contribution < 1.29 is 5.11 Å². The van der Waals surface area contributed by atoms with Crippen molar-refractivity contribution in [3.05, 3.63) is 0 Å². The van der Waals surface area contributed by atoms with E-state index < -0.39 is 0 Å². The molecule has 0 aromatic heterocycles. The molecule has 0 heterocycles. The van der Waals surface area contributed by atoms with Gasteiger partial charge in [-0.15, -0.1) is 0 Å². The van der Waals surface area contributed by atoms with E-state index in [4.69, 9.17) is 0 Å². The molecule has 0 saturated heterocycles. The van der Waals surface area contributed by atoms with E-state index in [1.807, 2.05) is 0 Å². The Hall–Kier alpha value is -0.160. The van der Waals surface area contributed by atoms with Crippen molar-refractivity contribution >= 4 is 0 Å². The molecule has 0 saturated carbocycles. The van der Waals surface area contributed by atoms with E-state index in [-0.39, 0.29) is 6.23 Å². The second-order valence-corrected chi connectivity index (χ2v) is 9.65. The van der Waals surface area contributed by atoms with Gasteiger partial charge in [-0.25, -0.2) is 0 Å². The molecule has 0 aliphatic rings. The Bertz CT molecular complexity index is 320. The molecule has 4 heteroatoms. The van der Waals surface area contributed by atoms with E-state index in [1.165, 1.54) is 89.9 Å². The summed E-state index contributed by atoms with van der Waals surface area (Å²) in [5, 5.41) is 10.9. The maximum atomic E-state index is 10.9. The van der Waals surface area contributed by atoms with Gasteiger partial charge in [-0.3, -0.25) is 4.90 Å². The van der Waals surface area contributed by atoms with Crippen molar-refractivity contribution in [1.82, 2.24) is 14.7 Å². The van der Waals surface area contributed by atoms with Crippen LogP contribution in [0.15, 0.2) is 0 Å². The van der Waals surface area contributed by atoms with Gasteiger partial charge in [0, 0.05) is 32.7 Å². The molecule has 30 heavy (non-hydrogen) atoms. The highest BCUT2D eigenvalue weighted by molar-refractivity contribution is 4.66. The summed E-state index contributed by atoms with van der Waals surface area (Å²) in [6.45, 7) is 9.79. The van der Waals surface area contributed by atoms with Crippen LogP contribution in [-0.2, 0) is 0 Å². The number of aliphatic hydroxyl groups is 1. The van der Waals surface area contributed by atoms with Gasteiger partial charge in [-0.1, -0.05) is 90.9 Å². The minimum atomic E-state index is -0.285. The Labute approximate surface area is 190 Å². The number of hydrogen-bond acceptors (Lipinski definition) is 4. The van der Waals surface area contributed by atoms with Crippen LogP contribution in [0.2, 0.25) is 0 Å². The molecule has 1 unspecified atom stereocenters. The van der Waals surface area contributed by atoms with E-state index in [2.05, 4.69) is 49.7 Å². The monoisotopic (exact) mass is 427 g/mol. The first kappa shape index (κ1) is 29.8. The molecule has 1 N–H and O–H groups in total. The summed E-state index contributed by atoms with van der Waals surface area (Å²) in [5.41, 5.74) is 0. The van der Waals surface area contributed by atoms with Gasteiger partial charge in [-0.05, 0) is 40.4 Å². The molecule has 0 radical (unpaired) electrons. The van der Waals surface area contributed by atoms with Crippen LogP contribution in [0.1, 0.15) is 110 Å². The van der Waals surface area contributed by atoms with E-state index in [1.54, 1.807) is 0 Å². The lowest BCUT2D eigenvalue weighted by molar-refractivity contribution is -0.00967. The molecular formula is C26H57N3O. The van der Waals surface area contributed by atoms with Crippen LogP contribution in [-0.4, -0.2) is 79.9 Å². The zero-order chi connectivity index (χ0) is 22.5. The third-order valence-corrected chi connectivity index (χ3v) is 6.22. The molecule has 0 spiro atoms. The van der Waals surface area contributed by atoms with Crippen molar-refractivity contribution in [2.45, 2.75) is 116 Å². The standard InChI is InChI=1S/C26H57N3O/c1-6-8-10-12-14-16-18-21-29(22-19-17-15-13-11-9-7-2)26(30)20-23-28(5)25-24-27(3)4/h26,30H,6-25H2,1-5H3. The molecule has 0 aliphatic heterocycles. The number of nitrogens with zero attached hydrogens (tertiary/aromatic N) is 3. The summed E-state index contributed by atoms with van der Waals surface area (Å²) in [5.74, 6) is 0. The quantitative estimate of drug-likeness (QED) is 0.160. The highest BCUT2D eigenvalue weighted by atomic mass is 16.3. The molecule has 4 nitrogen and oxygen atoms in total. The summed E-state index contributed by atoms with van der Waals surface area (Å²) >= 11 is 0. The van der Waals surface area contributed by atoms with Crippen LogP contribution in [0.5, 0.6) is 0 Å². The SMILES string of the molecule is CCCCCCCCCN(CCCCCCCCC)C(O)CCN(C)CCN(C)C. The number of likely N-dealkylation sites (N-methyl/N-ethyl adjacent to an activating group) is 2. The second-order valence-electron chi connectivity index (χ2n) is 9.65. The van der Waals surface area contributed by atoms with Gasteiger partial charge in [0.15, 0.2) is 0 Å². The first-order chi connectivity index (χ1) is 14.5. The van der Waals surface area contributed by atoms with Crippen molar-refractivity contribution in [1.29, 1.82) is 0 Å². The summed E-state index contributed by atoms with van der Waals surface area (Å²) in [4.78, 5) is 6.95. The van der Waals surface area contributed by atoms with Crippen molar-refractivity contribution in [2.75, 3.05) is 53.9 Å². The molecule has 182 valence electrons. The molecular weight excluding hydrogens is 370 g/mol. The summed E-state index contributed by atoms with van der Waals surface area (Å²) in [6.07, 6.45) is 19.3. The van der Waals surface area contributed by atoms with Gasteiger partial charge in [0.25, 0.3) is 0 Å². The summed E-state index contributed by atoms with van der Waals surface area (Å²) in [7, 11) is 6.41. The van der Waals surface area contributed by atoms with Crippen molar-refractivity contribution in [2.24, 2.45) is 0 Å². The van der Waals surface area contributed by atoms with E-state index in [9.17, 15) is 5.11 Å². The van der Waals surface area contributed by atoms with Crippen LogP contribution in [0.3, 0.4) is 0 Å². The smallest absolute Gasteiger partial charge is 0.108 e. The number of unbranched alkanes of at least 4 members (excludes halogenated alkanes) is 12. The highest BCUT2D eigenvalue weighted by Crippen LogP contribution is 2.13. The van der Waals surface area contributed by atoms with Crippen LogP contribution < -0.4 is 0 Å². The van der Waals surface area contributed by atoms with Gasteiger partial charge < -0.3 is 14.9 Å². The first-order valence-corrected chi connectivity index (χ1v) is 13.3. The molecule has 0 aliphatic carbocycles. The van der Waals surface area contributed by atoms with Crippen molar-refractivity contribution in [3.63, 3.8) is 0 Å². The Balaban J connectivity index is 4.19. The third kappa shape index (κ3) is 19.8. The minimum absolute atomic E-state index is 0.285. The minimum Gasteiger partial charge on any atom is -0.378 e. The normalized spacial score (nSPS) is 13.1. The molecule has 0 aromatic rings. The number of rotatable bonds is 23. The second kappa shape index (κ2) is 22.0. The summed E-state index contributed by atoms with van der Waals surface area (Å²) < 4.78 is 0. The average Bonchev–Trinajstić information content (AvgIpc) is 2.73. The van der Waals surface area contributed by atoms with Gasteiger partial charge in [0.05, 0.1) is 0 Å². The molecule has 1 atom stereocenters. The number of hydrogen-bond donors (Lipinski definition) is 1. The lowest BCUT2D eigenvalue weighted by Crippen LogP contribution is -2.39. The maximum Gasteiger partial charge on any atom is 0.108 e. The van der Waals surface area contributed by atoms with Crippen LogP contribution >= 0.6 is 0 Å². The Morgan fingerprint density at radius 2 is 0.967 bits per heavy atom. The zero-order valence-corrected chi connectivity index (χ0v) is 21.5. The van der Waals surface area contributed by atoms with Crippen LogP contribution in [0.25, 0.3) is 0 Å². The van der Waals surface area contributed by atoms with Gasteiger partial charge in [0.2, 0.25) is 0 Å². The molecule has 0 fully saturated rings. The van der Waals surface area contributed by atoms with Gasteiger partial charge in [-0.2, -0.15) is 0 Å². The summed E-state index contributed by atoms with van der Waals surface area (Å²) in [6, 6.07) is 0. The number of aliphatic hydroxyl groups excluding tert-OH is 1.